The van der Waals surface area contributed by atoms with Gasteiger partial charge in [-0.1, -0.05) is 13.8 Å². The van der Waals surface area contributed by atoms with Gasteiger partial charge in [0, 0.05) is 6.54 Å². The van der Waals surface area contributed by atoms with Crippen molar-refractivity contribution in [2.75, 3.05) is 37.4 Å². The van der Waals surface area contributed by atoms with Crippen LogP contribution in [0.1, 0.15) is 13.8 Å². The van der Waals surface area contributed by atoms with Crippen molar-refractivity contribution < 1.29 is 9.47 Å². The number of methoxy groups -OCH3 is 1. The lowest BCUT2D eigenvalue weighted by molar-refractivity contribution is 0.331. The van der Waals surface area contributed by atoms with E-state index >= 15 is 0 Å². The molecule has 0 aliphatic rings. The van der Waals surface area contributed by atoms with Gasteiger partial charge in [-0.3, -0.25) is 0 Å². The van der Waals surface area contributed by atoms with Crippen LogP contribution in [-0.2, 0) is 0 Å². The van der Waals surface area contributed by atoms with Gasteiger partial charge in [0.1, 0.15) is 18.1 Å². The monoisotopic (exact) mass is 317 g/mol. The van der Waals surface area contributed by atoms with E-state index in [9.17, 15) is 0 Å². The molecular weight excluding hydrogens is 294 g/mol. The van der Waals surface area contributed by atoms with Crippen molar-refractivity contribution in [3.63, 3.8) is 0 Å². The Kier molecular flexibility index (Phi) is 6.40. The summed E-state index contributed by atoms with van der Waals surface area (Å²) in [6.07, 6.45) is 1.61. The zero-order valence-electron chi connectivity index (χ0n) is 13.7. The van der Waals surface area contributed by atoms with Crippen LogP contribution in [0.15, 0.2) is 30.5 Å². The van der Waals surface area contributed by atoms with E-state index in [0.29, 0.717) is 30.8 Å². The van der Waals surface area contributed by atoms with Gasteiger partial charge in [0.05, 0.1) is 19.9 Å². The molecule has 0 atom stereocenters. The van der Waals surface area contributed by atoms with Crippen LogP contribution in [0.2, 0.25) is 0 Å². The fourth-order valence-corrected chi connectivity index (χ4v) is 1.78. The number of rotatable bonds is 9. The highest BCUT2D eigenvalue weighted by atomic mass is 16.5. The quantitative estimate of drug-likeness (QED) is 0.687. The number of aromatic nitrogens is 3. The number of benzene rings is 1. The minimum Gasteiger partial charge on any atom is -0.497 e. The molecule has 2 N–H and O–H groups in total. The third kappa shape index (κ3) is 5.98. The van der Waals surface area contributed by atoms with Crippen LogP contribution in [0.25, 0.3) is 0 Å². The molecule has 0 radical (unpaired) electrons. The van der Waals surface area contributed by atoms with Crippen LogP contribution in [-0.4, -0.2) is 42.0 Å². The lowest BCUT2D eigenvalue weighted by atomic mass is 10.2. The molecule has 0 spiro atoms. The van der Waals surface area contributed by atoms with E-state index in [0.717, 1.165) is 18.0 Å². The second-order valence-corrected chi connectivity index (χ2v) is 5.39. The molecule has 0 bridgehead atoms. The number of anilines is 2. The second-order valence-electron chi connectivity index (χ2n) is 5.39. The first-order valence-electron chi connectivity index (χ1n) is 7.61. The van der Waals surface area contributed by atoms with Crippen LogP contribution in [0.4, 0.5) is 11.8 Å². The van der Waals surface area contributed by atoms with Crippen LogP contribution >= 0.6 is 0 Å². The van der Waals surface area contributed by atoms with Crippen molar-refractivity contribution >= 4 is 11.8 Å². The van der Waals surface area contributed by atoms with Crippen LogP contribution in [0.5, 0.6) is 11.5 Å². The Labute approximate surface area is 136 Å². The Balaban J connectivity index is 1.74. The molecule has 0 saturated carbocycles. The average molecular weight is 317 g/mol. The smallest absolute Gasteiger partial charge is 0.244 e. The highest BCUT2D eigenvalue weighted by Gasteiger charge is 2.01. The van der Waals surface area contributed by atoms with Crippen molar-refractivity contribution in [2.24, 2.45) is 5.92 Å². The number of hydrogen-bond acceptors (Lipinski definition) is 7. The predicted octanol–water partition coefficient (Wildman–Crippen LogP) is 2.44. The molecule has 1 heterocycles. The predicted molar refractivity (Wildman–Crippen MR) is 90.1 cm³/mol. The van der Waals surface area contributed by atoms with E-state index in [2.05, 4.69) is 39.7 Å². The molecular formula is C16H23N5O2. The molecule has 0 aliphatic carbocycles. The van der Waals surface area contributed by atoms with Gasteiger partial charge in [-0.2, -0.15) is 10.1 Å². The molecule has 0 amide bonds. The van der Waals surface area contributed by atoms with E-state index < -0.39 is 0 Å². The molecule has 124 valence electrons. The number of nitrogens with zero attached hydrogens (tertiary/aromatic N) is 3. The second kappa shape index (κ2) is 8.77. The Morgan fingerprint density at radius 3 is 2.52 bits per heavy atom. The van der Waals surface area contributed by atoms with Gasteiger partial charge in [0.15, 0.2) is 5.82 Å². The molecule has 23 heavy (non-hydrogen) atoms. The third-order valence-electron chi connectivity index (χ3n) is 2.96. The standard InChI is InChI=1S/C16H23N5O2/c1-12(2)10-18-15-11-19-21-16(20-15)17-8-9-23-14-6-4-13(22-3)5-7-14/h4-7,11-12H,8-10H2,1-3H3,(H2,17,18,20,21). The maximum atomic E-state index is 5.63. The summed E-state index contributed by atoms with van der Waals surface area (Å²) in [7, 11) is 1.64. The average Bonchev–Trinajstić information content (AvgIpc) is 2.58. The number of hydrogen-bond donors (Lipinski definition) is 2. The van der Waals surface area contributed by atoms with Crippen molar-refractivity contribution in [1.29, 1.82) is 0 Å². The molecule has 0 aliphatic heterocycles. The summed E-state index contributed by atoms with van der Waals surface area (Å²) in [6, 6.07) is 7.46. The van der Waals surface area contributed by atoms with E-state index in [1.54, 1.807) is 13.3 Å². The maximum absolute atomic E-state index is 5.63. The fraction of sp³-hybridized carbons (Fsp3) is 0.438. The summed E-state index contributed by atoms with van der Waals surface area (Å²) < 4.78 is 10.7. The van der Waals surface area contributed by atoms with E-state index in [4.69, 9.17) is 9.47 Å². The number of ether oxygens (including phenoxy) is 2. The summed E-state index contributed by atoms with van der Waals surface area (Å²) in [6.45, 7) is 6.20. The van der Waals surface area contributed by atoms with E-state index in [1.165, 1.54) is 0 Å². The minimum atomic E-state index is 0.483. The van der Waals surface area contributed by atoms with Gasteiger partial charge in [-0.05, 0) is 30.2 Å². The molecule has 7 heteroatoms. The molecule has 1 aromatic carbocycles. The summed E-state index contributed by atoms with van der Waals surface area (Å²) in [5, 5.41) is 14.2. The van der Waals surface area contributed by atoms with Gasteiger partial charge < -0.3 is 20.1 Å². The zero-order chi connectivity index (χ0) is 16.5. The molecule has 0 saturated heterocycles. The third-order valence-corrected chi connectivity index (χ3v) is 2.96. The Morgan fingerprint density at radius 2 is 1.83 bits per heavy atom. The zero-order valence-corrected chi connectivity index (χ0v) is 13.7. The molecule has 0 fully saturated rings. The molecule has 7 nitrogen and oxygen atoms in total. The lowest BCUT2D eigenvalue weighted by Crippen LogP contribution is -2.15. The first-order valence-corrected chi connectivity index (χ1v) is 7.61. The molecule has 2 rings (SSSR count). The highest BCUT2D eigenvalue weighted by molar-refractivity contribution is 5.37. The lowest BCUT2D eigenvalue weighted by Gasteiger charge is -2.10. The summed E-state index contributed by atoms with van der Waals surface area (Å²) in [5.41, 5.74) is 0. The Hall–Kier alpha value is -2.57. The molecule has 1 aromatic heterocycles. The minimum absolute atomic E-state index is 0.483. The SMILES string of the molecule is COc1ccc(OCCNc2nncc(NCC(C)C)n2)cc1. The Morgan fingerprint density at radius 1 is 1.09 bits per heavy atom. The summed E-state index contributed by atoms with van der Waals surface area (Å²) >= 11 is 0. The highest BCUT2D eigenvalue weighted by Crippen LogP contribution is 2.16. The van der Waals surface area contributed by atoms with Crippen molar-refractivity contribution in [3.05, 3.63) is 30.5 Å². The van der Waals surface area contributed by atoms with E-state index in [-0.39, 0.29) is 0 Å². The summed E-state index contributed by atoms with van der Waals surface area (Å²) in [5.74, 6) is 3.34. The topological polar surface area (TPSA) is 81.2 Å². The van der Waals surface area contributed by atoms with Gasteiger partial charge in [0.2, 0.25) is 5.95 Å². The largest absolute Gasteiger partial charge is 0.497 e. The van der Waals surface area contributed by atoms with Gasteiger partial charge in [-0.25, -0.2) is 0 Å². The van der Waals surface area contributed by atoms with Gasteiger partial charge in [-0.15, -0.1) is 5.10 Å². The fourth-order valence-electron chi connectivity index (χ4n) is 1.78. The first-order chi connectivity index (χ1) is 11.2. The van der Waals surface area contributed by atoms with Crippen molar-refractivity contribution in [3.8, 4) is 11.5 Å². The van der Waals surface area contributed by atoms with E-state index in [1.807, 2.05) is 24.3 Å². The first kappa shape index (κ1) is 16.8. The van der Waals surface area contributed by atoms with Crippen molar-refractivity contribution in [2.45, 2.75) is 13.8 Å². The maximum Gasteiger partial charge on any atom is 0.244 e. The van der Waals surface area contributed by atoms with Crippen LogP contribution < -0.4 is 20.1 Å². The Bertz CT molecular complexity index is 589. The van der Waals surface area contributed by atoms with Crippen molar-refractivity contribution in [1.82, 2.24) is 15.2 Å². The van der Waals surface area contributed by atoms with Crippen LogP contribution in [0.3, 0.4) is 0 Å². The molecule has 0 unspecified atom stereocenters. The normalized spacial score (nSPS) is 10.4. The van der Waals surface area contributed by atoms with Crippen LogP contribution in [0, 0.1) is 5.92 Å². The number of nitrogens with one attached hydrogen (secondary N) is 2. The summed E-state index contributed by atoms with van der Waals surface area (Å²) in [4.78, 5) is 4.34. The van der Waals surface area contributed by atoms with Gasteiger partial charge >= 0.3 is 0 Å². The molecule has 2 aromatic rings. The van der Waals surface area contributed by atoms with Gasteiger partial charge in [0.25, 0.3) is 0 Å².